The van der Waals surface area contributed by atoms with Crippen LogP contribution < -0.4 is 5.32 Å². The molecular weight excluding hydrogens is 300 g/mol. The van der Waals surface area contributed by atoms with Crippen molar-refractivity contribution in [3.63, 3.8) is 0 Å². The van der Waals surface area contributed by atoms with Crippen LogP contribution in [-0.2, 0) is 19.1 Å². The second-order valence-corrected chi connectivity index (χ2v) is 6.64. The molecule has 2 rings (SSSR count). The molecule has 128 valence electrons. The Morgan fingerprint density at radius 1 is 1.35 bits per heavy atom. The van der Waals surface area contributed by atoms with E-state index in [2.05, 4.69) is 11.9 Å². The zero-order chi connectivity index (χ0) is 17.2. The van der Waals surface area contributed by atoms with Gasteiger partial charge in [0.05, 0.1) is 25.0 Å². The highest BCUT2D eigenvalue weighted by Gasteiger charge is 2.66. The van der Waals surface area contributed by atoms with Gasteiger partial charge >= 0.3 is 5.97 Å². The van der Waals surface area contributed by atoms with Crippen molar-refractivity contribution in [2.45, 2.75) is 26.3 Å². The van der Waals surface area contributed by atoms with Gasteiger partial charge in [0.25, 0.3) is 0 Å². The summed E-state index contributed by atoms with van der Waals surface area (Å²) in [5.41, 5.74) is -0.462. The van der Waals surface area contributed by atoms with Crippen LogP contribution >= 0.6 is 0 Å². The Balaban J connectivity index is 2.01. The van der Waals surface area contributed by atoms with Gasteiger partial charge in [0.15, 0.2) is 0 Å². The molecule has 7 nitrogen and oxygen atoms in total. The van der Waals surface area contributed by atoms with Gasteiger partial charge in [0, 0.05) is 13.1 Å². The standard InChI is InChI=1S/C16H24N2O5/c1-4-5-10(15(21)22)17-13(19)11-12(16(11,2)3)14(20)18-6-8-23-9-7-18/h4,10-12H,1,5-9H2,2-3H3,(H,17,19)(H,21,22)/t10-,11?,12?/m0/s1. The van der Waals surface area contributed by atoms with Crippen molar-refractivity contribution in [1.29, 1.82) is 0 Å². The molecule has 0 spiro atoms. The number of carboxylic acid groups (broad SMARTS) is 1. The molecule has 3 atom stereocenters. The fraction of sp³-hybridized carbons (Fsp3) is 0.688. The normalized spacial score (nSPS) is 27.0. The maximum Gasteiger partial charge on any atom is 0.326 e. The van der Waals surface area contributed by atoms with Gasteiger partial charge in [-0.05, 0) is 11.8 Å². The summed E-state index contributed by atoms with van der Waals surface area (Å²) in [7, 11) is 0. The SMILES string of the molecule is C=CC[C@H](NC(=O)C1C(C(=O)N2CCOCC2)C1(C)C)C(=O)O. The fourth-order valence-corrected chi connectivity index (χ4v) is 3.22. The number of carbonyl (C=O) groups excluding carboxylic acids is 2. The highest BCUT2D eigenvalue weighted by atomic mass is 16.5. The molecule has 0 aromatic heterocycles. The number of morpholine rings is 1. The topological polar surface area (TPSA) is 95.9 Å². The molecule has 0 aromatic carbocycles. The van der Waals surface area contributed by atoms with Gasteiger partial charge in [-0.3, -0.25) is 9.59 Å². The molecule has 2 fully saturated rings. The molecule has 0 radical (unpaired) electrons. The minimum Gasteiger partial charge on any atom is -0.480 e. The summed E-state index contributed by atoms with van der Waals surface area (Å²) in [5, 5.41) is 11.6. The van der Waals surface area contributed by atoms with E-state index in [0.29, 0.717) is 26.3 Å². The van der Waals surface area contributed by atoms with Crippen molar-refractivity contribution in [2.75, 3.05) is 26.3 Å². The molecular formula is C16H24N2O5. The van der Waals surface area contributed by atoms with Gasteiger partial charge in [-0.25, -0.2) is 4.79 Å². The van der Waals surface area contributed by atoms with E-state index >= 15 is 0 Å². The quantitative estimate of drug-likeness (QED) is 0.684. The molecule has 1 aliphatic heterocycles. The molecule has 2 aliphatic rings. The van der Waals surface area contributed by atoms with Crippen LogP contribution in [0.1, 0.15) is 20.3 Å². The molecule has 1 aliphatic carbocycles. The van der Waals surface area contributed by atoms with Gasteiger partial charge in [-0.2, -0.15) is 0 Å². The number of carboxylic acids is 1. The van der Waals surface area contributed by atoms with E-state index in [1.54, 1.807) is 4.90 Å². The summed E-state index contributed by atoms with van der Waals surface area (Å²) in [6, 6.07) is -1.00. The summed E-state index contributed by atoms with van der Waals surface area (Å²) >= 11 is 0. The number of rotatable bonds is 6. The lowest BCUT2D eigenvalue weighted by Gasteiger charge is -2.27. The van der Waals surface area contributed by atoms with Crippen LogP contribution in [0.5, 0.6) is 0 Å². The number of hydrogen-bond acceptors (Lipinski definition) is 4. The molecule has 1 heterocycles. The molecule has 0 bridgehead atoms. The van der Waals surface area contributed by atoms with Crippen LogP contribution in [0, 0.1) is 17.3 Å². The second kappa shape index (κ2) is 6.70. The fourth-order valence-electron chi connectivity index (χ4n) is 3.22. The smallest absolute Gasteiger partial charge is 0.326 e. The van der Waals surface area contributed by atoms with Gasteiger partial charge in [0.1, 0.15) is 6.04 Å². The average molecular weight is 324 g/mol. The zero-order valence-electron chi connectivity index (χ0n) is 13.6. The maximum absolute atomic E-state index is 12.6. The summed E-state index contributed by atoms with van der Waals surface area (Å²) in [5.74, 6) is -2.43. The van der Waals surface area contributed by atoms with E-state index < -0.39 is 29.3 Å². The van der Waals surface area contributed by atoms with E-state index in [0.717, 1.165) is 0 Å². The molecule has 2 unspecified atom stereocenters. The monoisotopic (exact) mass is 324 g/mol. The van der Waals surface area contributed by atoms with E-state index in [1.807, 2.05) is 13.8 Å². The number of nitrogens with one attached hydrogen (secondary N) is 1. The minimum atomic E-state index is -1.10. The molecule has 7 heteroatoms. The number of aliphatic carboxylic acids is 1. The minimum absolute atomic E-state index is 0.0472. The van der Waals surface area contributed by atoms with Crippen LogP contribution in [0.4, 0.5) is 0 Å². The van der Waals surface area contributed by atoms with Crippen molar-refractivity contribution < 1.29 is 24.2 Å². The van der Waals surface area contributed by atoms with Crippen molar-refractivity contribution in [3.05, 3.63) is 12.7 Å². The maximum atomic E-state index is 12.6. The lowest BCUT2D eigenvalue weighted by molar-refractivity contribution is -0.142. The summed E-state index contributed by atoms with van der Waals surface area (Å²) in [6.45, 7) is 9.32. The first-order valence-electron chi connectivity index (χ1n) is 7.81. The molecule has 1 saturated heterocycles. The first-order chi connectivity index (χ1) is 10.8. The van der Waals surface area contributed by atoms with Gasteiger partial charge in [-0.1, -0.05) is 19.9 Å². The number of ether oxygens (including phenoxy) is 1. The third kappa shape index (κ3) is 3.55. The van der Waals surface area contributed by atoms with Crippen LogP contribution in [0.3, 0.4) is 0 Å². The molecule has 2 N–H and O–H groups in total. The third-order valence-electron chi connectivity index (χ3n) is 4.72. The van der Waals surface area contributed by atoms with Crippen LogP contribution in [0.2, 0.25) is 0 Å². The Morgan fingerprint density at radius 3 is 2.48 bits per heavy atom. The zero-order valence-corrected chi connectivity index (χ0v) is 13.6. The van der Waals surface area contributed by atoms with Gasteiger partial charge in [-0.15, -0.1) is 6.58 Å². The predicted molar refractivity (Wildman–Crippen MR) is 82.5 cm³/mol. The summed E-state index contributed by atoms with van der Waals surface area (Å²) in [6.07, 6.45) is 1.60. The number of nitrogens with zero attached hydrogens (tertiary/aromatic N) is 1. The lowest BCUT2D eigenvalue weighted by atomic mass is 10.1. The molecule has 1 saturated carbocycles. The highest BCUT2D eigenvalue weighted by Crippen LogP contribution is 2.59. The number of amides is 2. The third-order valence-corrected chi connectivity index (χ3v) is 4.72. The molecule has 0 aromatic rings. The van der Waals surface area contributed by atoms with Crippen molar-refractivity contribution in [3.8, 4) is 0 Å². The number of carbonyl (C=O) groups is 3. The van der Waals surface area contributed by atoms with Gasteiger partial charge in [0.2, 0.25) is 11.8 Å². The van der Waals surface area contributed by atoms with Gasteiger partial charge < -0.3 is 20.1 Å². The Hall–Kier alpha value is -1.89. The Bertz CT molecular complexity index is 511. The Morgan fingerprint density at radius 2 is 1.96 bits per heavy atom. The van der Waals surface area contributed by atoms with E-state index in [-0.39, 0.29) is 18.2 Å². The highest BCUT2D eigenvalue weighted by molar-refractivity contribution is 5.96. The summed E-state index contributed by atoms with van der Waals surface area (Å²) < 4.78 is 5.23. The largest absolute Gasteiger partial charge is 0.480 e. The molecule has 2 amide bonds. The van der Waals surface area contributed by atoms with Crippen molar-refractivity contribution in [2.24, 2.45) is 17.3 Å². The van der Waals surface area contributed by atoms with E-state index in [4.69, 9.17) is 9.84 Å². The predicted octanol–water partition coefficient (Wildman–Crippen LogP) is 0.263. The Labute approximate surface area is 135 Å². The Kier molecular flexibility index (Phi) is 5.09. The number of hydrogen-bond donors (Lipinski definition) is 2. The van der Waals surface area contributed by atoms with E-state index in [1.165, 1.54) is 6.08 Å². The van der Waals surface area contributed by atoms with Crippen LogP contribution in [0.15, 0.2) is 12.7 Å². The average Bonchev–Trinajstić information content (AvgIpc) is 3.09. The van der Waals surface area contributed by atoms with Crippen LogP contribution in [0.25, 0.3) is 0 Å². The van der Waals surface area contributed by atoms with E-state index in [9.17, 15) is 14.4 Å². The van der Waals surface area contributed by atoms with Crippen LogP contribution in [-0.4, -0.2) is 60.1 Å². The first kappa shape index (κ1) is 17.5. The second-order valence-electron chi connectivity index (χ2n) is 6.64. The summed E-state index contributed by atoms with van der Waals surface area (Å²) in [4.78, 5) is 37.9. The van der Waals surface area contributed by atoms with Crippen molar-refractivity contribution >= 4 is 17.8 Å². The lowest BCUT2D eigenvalue weighted by Crippen LogP contribution is -2.44. The molecule has 23 heavy (non-hydrogen) atoms. The van der Waals surface area contributed by atoms with Crippen molar-refractivity contribution in [1.82, 2.24) is 10.2 Å². The first-order valence-corrected chi connectivity index (χ1v) is 7.81.